The molecular formula is C43H39N3P2S2. The summed E-state index contributed by atoms with van der Waals surface area (Å²) in [6.07, 6.45) is -2.43. The Kier molecular flexibility index (Phi) is 7.45. The molecule has 6 aromatic carbocycles. The number of hydrogen-bond acceptors (Lipinski definition) is 3. The summed E-state index contributed by atoms with van der Waals surface area (Å²) < 4.78 is 4.97. The second kappa shape index (κ2) is 11.6. The maximum absolute atomic E-state index is 7.11. The molecule has 0 radical (unpaired) electrons. The Morgan fingerprint density at radius 1 is 0.580 bits per heavy atom. The summed E-state index contributed by atoms with van der Waals surface area (Å²) in [6, 6.07) is 42.9. The summed E-state index contributed by atoms with van der Waals surface area (Å²) in [7, 11) is 0. The minimum atomic E-state index is -2.43. The summed E-state index contributed by atoms with van der Waals surface area (Å²) in [4.78, 5) is 2.51. The normalized spacial score (nSPS) is 19.1. The van der Waals surface area contributed by atoms with E-state index in [1.54, 1.807) is 0 Å². The van der Waals surface area contributed by atoms with Crippen LogP contribution in [0.25, 0.3) is 38.6 Å². The molecule has 0 aliphatic carbocycles. The molecule has 0 spiro atoms. The highest BCUT2D eigenvalue weighted by Crippen LogP contribution is 2.62. The number of anilines is 3. The van der Waals surface area contributed by atoms with Gasteiger partial charge in [0.25, 0.3) is 0 Å². The highest BCUT2D eigenvalue weighted by atomic mass is 32.4. The molecule has 1 aromatic heterocycles. The zero-order chi connectivity index (χ0) is 34.5. The van der Waals surface area contributed by atoms with Crippen molar-refractivity contribution in [3.05, 3.63) is 132 Å². The lowest BCUT2D eigenvalue weighted by Gasteiger charge is -2.48. The number of rotatable bonds is 5. The van der Waals surface area contributed by atoms with E-state index in [0.717, 1.165) is 18.8 Å². The van der Waals surface area contributed by atoms with Crippen LogP contribution >= 0.6 is 12.2 Å². The van der Waals surface area contributed by atoms with Crippen molar-refractivity contribution < 1.29 is 0 Å². The van der Waals surface area contributed by atoms with Crippen LogP contribution in [-0.2, 0) is 23.6 Å². The maximum atomic E-state index is 7.11. The molecule has 0 N–H and O–H groups in total. The summed E-state index contributed by atoms with van der Waals surface area (Å²) in [6.45, 7) is 13.0. The lowest BCUT2D eigenvalue weighted by molar-refractivity contribution is 0.513. The standard InChI is InChI=1S/C43H39N3P2S2/c1-6-44(7-2)48(50)40-24-29(4)20-22-38(40)46-37-21-19-28(3)23-39(37)47(5,49)41-26-31(27-42(48)43(41)46)30-13-12-14-32(25-30)45-35-17-10-8-15-33(35)34-16-9-11-18-36(34)45/h8-27H,6-7H2,1-5H3. The fraction of sp³-hybridized carbons (Fsp3) is 0.163. The van der Waals surface area contributed by atoms with Crippen LogP contribution in [0.15, 0.2) is 121 Å². The van der Waals surface area contributed by atoms with Gasteiger partial charge in [-0.1, -0.05) is 109 Å². The van der Waals surface area contributed by atoms with E-state index in [1.807, 2.05) is 0 Å². The average Bonchev–Trinajstić information content (AvgIpc) is 3.47. The molecule has 2 aliphatic rings. The van der Waals surface area contributed by atoms with Gasteiger partial charge in [-0.05, 0) is 92.3 Å². The van der Waals surface area contributed by atoms with E-state index in [9.17, 15) is 0 Å². The third kappa shape index (κ3) is 4.44. The van der Waals surface area contributed by atoms with Gasteiger partial charge in [-0.2, -0.15) is 0 Å². The first kappa shape index (κ1) is 32.1. The molecular weight excluding hydrogens is 685 g/mol. The van der Waals surface area contributed by atoms with Gasteiger partial charge < -0.3 is 9.47 Å². The van der Waals surface area contributed by atoms with Crippen LogP contribution in [0.5, 0.6) is 0 Å². The molecule has 50 heavy (non-hydrogen) atoms. The average molecular weight is 724 g/mol. The number of para-hydroxylation sites is 2. The third-order valence-electron chi connectivity index (χ3n) is 10.8. The van der Waals surface area contributed by atoms with Crippen molar-refractivity contribution in [1.29, 1.82) is 0 Å². The van der Waals surface area contributed by atoms with Gasteiger partial charge in [-0.3, -0.25) is 4.67 Å². The van der Waals surface area contributed by atoms with Crippen LogP contribution in [0.2, 0.25) is 0 Å². The van der Waals surface area contributed by atoms with E-state index in [1.165, 1.54) is 82.3 Å². The predicted octanol–water partition coefficient (Wildman–Crippen LogP) is 9.91. The van der Waals surface area contributed by atoms with Gasteiger partial charge in [-0.25, -0.2) is 0 Å². The lowest BCUT2D eigenvalue weighted by Crippen LogP contribution is -2.45. The van der Waals surface area contributed by atoms with Gasteiger partial charge in [0.1, 0.15) is 0 Å². The van der Waals surface area contributed by atoms with E-state index >= 15 is 0 Å². The van der Waals surface area contributed by atoms with Crippen LogP contribution in [-0.4, -0.2) is 29.0 Å². The van der Waals surface area contributed by atoms with E-state index in [0.29, 0.717) is 0 Å². The highest BCUT2D eigenvalue weighted by molar-refractivity contribution is 8.22. The Hall–Kier alpha value is -3.82. The minimum Gasteiger partial charge on any atom is -0.309 e. The van der Waals surface area contributed by atoms with Gasteiger partial charge in [0, 0.05) is 56.8 Å². The Balaban J connectivity index is 1.36. The van der Waals surface area contributed by atoms with E-state index in [-0.39, 0.29) is 0 Å². The summed E-state index contributed by atoms with van der Waals surface area (Å²) in [5, 5.41) is 7.64. The Labute approximate surface area is 305 Å². The Morgan fingerprint density at radius 2 is 1.16 bits per heavy atom. The second-order valence-electron chi connectivity index (χ2n) is 13.7. The van der Waals surface area contributed by atoms with Crippen molar-refractivity contribution in [3.8, 4) is 16.8 Å². The molecule has 248 valence electrons. The van der Waals surface area contributed by atoms with Crippen molar-refractivity contribution in [2.45, 2.75) is 27.7 Å². The molecule has 0 amide bonds. The fourth-order valence-corrected chi connectivity index (χ4v) is 16.5. The molecule has 3 heterocycles. The first-order valence-electron chi connectivity index (χ1n) is 17.4. The number of nitrogens with zero attached hydrogens (tertiary/aromatic N) is 3. The van der Waals surface area contributed by atoms with Gasteiger partial charge in [0.05, 0.1) is 34.3 Å². The van der Waals surface area contributed by atoms with Gasteiger partial charge >= 0.3 is 0 Å². The highest BCUT2D eigenvalue weighted by Gasteiger charge is 2.45. The molecule has 2 aliphatic heterocycles. The number of hydrogen-bond donors (Lipinski definition) is 0. The van der Waals surface area contributed by atoms with Crippen molar-refractivity contribution in [3.63, 3.8) is 0 Å². The molecule has 0 bridgehead atoms. The second-order valence-corrected chi connectivity index (χ2v) is 23.0. The summed E-state index contributed by atoms with van der Waals surface area (Å²) in [5.41, 5.74) is 12.1. The zero-order valence-corrected chi connectivity index (χ0v) is 32.4. The van der Waals surface area contributed by atoms with E-state index < -0.39 is 12.2 Å². The van der Waals surface area contributed by atoms with Gasteiger partial charge in [0.2, 0.25) is 0 Å². The largest absolute Gasteiger partial charge is 0.309 e. The molecule has 7 heteroatoms. The smallest absolute Gasteiger partial charge is 0.0751 e. The molecule has 9 rings (SSSR count). The molecule has 2 atom stereocenters. The van der Waals surface area contributed by atoms with Crippen LogP contribution in [0, 0.1) is 13.8 Å². The molecule has 0 saturated heterocycles. The molecule has 0 saturated carbocycles. The fourth-order valence-electron chi connectivity index (χ4n) is 8.37. The zero-order valence-electron chi connectivity index (χ0n) is 29.0. The summed E-state index contributed by atoms with van der Waals surface area (Å²) >= 11 is 13.9. The van der Waals surface area contributed by atoms with Gasteiger partial charge in [-0.15, -0.1) is 0 Å². The minimum absolute atomic E-state index is 0.888. The first-order chi connectivity index (χ1) is 24.2. The Bertz CT molecular complexity index is 2600. The van der Waals surface area contributed by atoms with Crippen LogP contribution in [0.3, 0.4) is 0 Å². The topological polar surface area (TPSA) is 11.4 Å². The van der Waals surface area contributed by atoms with E-state index in [4.69, 9.17) is 23.6 Å². The summed E-state index contributed by atoms with van der Waals surface area (Å²) in [5.74, 6) is 0. The SMILES string of the molecule is CCN(CC)P1(=S)c2cc(C)ccc2N2c3ccc(C)cc3P(C)(=S)c3cc(-c4cccc(-n5c6ccccc6c6ccccc65)c4)cc1c32. The maximum Gasteiger partial charge on any atom is 0.0751 e. The van der Waals surface area contributed by atoms with E-state index in [2.05, 4.69) is 170 Å². The van der Waals surface area contributed by atoms with Crippen LogP contribution in [0.4, 0.5) is 17.1 Å². The van der Waals surface area contributed by atoms with Crippen molar-refractivity contribution in [2.75, 3.05) is 24.7 Å². The number of aromatic nitrogens is 1. The molecule has 2 unspecified atom stereocenters. The number of fused-ring (bicyclic) bond motifs is 7. The lowest BCUT2D eigenvalue weighted by atomic mass is 10.0. The van der Waals surface area contributed by atoms with Crippen molar-refractivity contribution in [2.24, 2.45) is 0 Å². The predicted molar refractivity (Wildman–Crippen MR) is 226 cm³/mol. The number of aryl methyl sites for hydroxylation is 2. The van der Waals surface area contributed by atoms with Crippen LogP contribution in [0.1, 0.15) is 25.0 Å². The first-order valence-corrected chi connectivity index (χ1v) is 23.4. The third-order valence-corrected chi connectivity index (χ3v) is 19.7. The molecule has 7 aromatic rings. The Morgan fingerprint density at radius 3 is 1.80 bits per heavy atom. The van der Waals surface area contributed by atoms with Crippen molar-refractivity contribution in [1.82, 2.24) is 9.24 Å². The number of benzene rings is 6. The monoisotopic (exact) mass is 723 g/mol. The molecule has 0 fully saturated rings. The van der Waals surface area contributed by atoms with Crippen LogP contribution < -0.4 is 26.1 Å². The van der Waals surface area contributed by atoms with Crippen molar-refractivity contribution >= 4 is 95.9 Å². The molecule has 3 nitrogen and oxygen atoms in total. The quantitative estimate of drug-likeness (QED) is 0.164. The van der Waals surface area contributed by atoms with Gasteiger partial charge in [0.15, 0.2) is 0 Å².